The zero-order valence-electron chi connectivity index (χ0n) is 17.6. The van der Waals surface area contributed by atoms with E-state index in [1.807, 2.05) is 43.3 Å². The Morgan fingerprint density at radius 3 is 2.26 bits per heavy atom. The van der Waals surface area contributed by atoms with E-state index in [1.165, 1.54) is 6.07 Å². The van der Waals surface area contributed by atoms with Gasteiger partial charge in [-0.1, -0.05) is 52.3 Å². The molecule has 0 radical (unpaired) electrons. The van der Waals surface area contributed by atoms with Crippen molar-refractivity contribution < 1.29 is 22.0 Å². The molecule has 0 unspecified atom stereocenters. The maximum absolute atomic E-state index is 13.8. The summed E-state index contributed by atoms with van der Waals surface area (Å²) in [6.07, 6.45) is -0.434. The highest BCUT2D eigenvalue weighted by Gasteiger charge is 2.35. The quantitative estimate of drug-likeness (QED) is 0.305. The average molecular weight is 526 g/mol. The highest BCUT2D eigenvalue weighted by molar-refractivity contribution is 9.10. The second-order valence-electron chi connectivity index (χ2n) is 6.90. The molecule has 9 heteroatoms. The van der Waals surface area contributed by atoms with E-state index in [1.54, 1.807) is 32.0 Å². The van der Waals surface area contributed by atoms with Crippen molar-refractivity contribution in [2.24, 2.45) is 0 Å². The Bertz CT molecular complexity index is 1200. The van der Waals surface area contributed by atoms with Crippen molar-refractivity contribution in [3.63, 3.8) is 0 Å². The van der Waals surface area contributed by atoms with Crippen LogP contribution in [0.1, 0.15) is 19.4 Å². The average Bonchev–Trinajstić information content (AvgIpc) is 2.71. The Kier molecular flexibility index (Phi) is 7.60. The first-order valence-electron chi connectivity index (χ1n) is 9.86. The molecule has 0 aliphatic rings. The zero-order chi connectivity index (χ0) is 22.6. The summed E-state index contributed by atoms with van der Waals surface area (Å²) in [5.41, 5.74) is 1.19. The first-order valence-corrected chi connectivity index (χ1v) is 13.8. The van der Waals surface area contributed by atoms with Crippen LogP contribution in [0.3, 0.4) is 0 Å². The monoisotopic (exact) mass is 525 g/mol. The minimum absolute atomic E-state index is 0.0897. The number of nitrogens with zero attached hydrogens (tertiary/aromatic N) is 1. The lowest BCUT2D eigenvalue weighted by Crippen LogP contribution is -2.33. The Balaban J connectivity index is 2.24. The van der Waals surface area contributed by atoms with Crippen molar-refractivity contribution in [1.29, 1.82) is 0 Å². The fourth-order valence-electron chi connectivity index (χ4n) is 3.36. The third kappa shape index (κ3) is 5.38. The van der Waals surface area contributed by atoms with Crippen LogP contribution in [0.25, 0.3) is 10.8 Å². The molecule has 0 aliphatic carbocycles. The van der Waals surface area contributed by atoms with E-state index in [-0.39, 0.29) is 18.1 Å². The number of halogens is 1. The Morgan fingerprint density at radius 1 is 0.968 bits per heavy atom. The molecule has 0 saturated carbocycles. The fourth-order valence-corrected chi connectivity index (χ4v) is 7.92. The van der Waals surface area contributed by atoms with Crippen LogP contribution in [0, 0.1) is 6.92 Å². The van der Waals surface area contributed by atoms with Gasteiger partial charge in [0.1, 0.15) is 6.29 Å². The molecule has 0 fully saturated rings. The first kappa shape index (κ1) is 24.0. The van der Waals surface area contributed by atoms with Gasteiger partial charge in [-0.2, -0.15) is 0 Å². The summed E-state index contributed by atoms with van der Waals surface area (Å²) in [7, 11) is -7.81. The lowest BCUT2D eigenvalue weighted by atomic mass is 10.1. The van der Waals surface area contributed by atoms with E-state index in [2.05, 4.69) is 15.9 Å². The molecule has 0 aromatic heterocycles. The van der Waals surface area contributed by atoms with E-state index < -0.39 is 23.9 Å². The third-order valence-corrected chi connectivity index (χ3v) is 8.91. The van der Waals surface area contributed by atoms with Crippen molar-refractivity contribution in [3.8, 4) is 0 Å². The van der Waals surface area contributed by atoms with Crippen molar-refractivity contribution >= 4 is 50.0 Å². The first-order chi connectivity index (χ1) is 14.7. The van der Waals surface area contributed by atoms with Gasteiger partial charge in [-0.25, -0.2) is 8.42 Å². The van der Waals surface area contributed by atoms with Crippen LogP contribution in [0.2, 0.25) is 0 Å². The summed E-state index contributed by atoms with van der Waals surface area (Å²) in [4.78, 5) is 0.0897. The third-order valence-electron chi connectivity index (χ3n) is 4.59. The van der Waals surface area contributed by atoms with Crippen LogP contribution >= 0.6 is 23.5 Å². The Hall–Kier alpha value is -1.70. The van der Waals surface area contributed by atoms with E-state index in [9.17, 15) is 13.0 Å². The molecular weight excluding hydrogens is 501 g/mol. The van der Waals surface area contributed by atoms with Gasteiger partial charge in [0.25, 0.3) is 10.0 Å². The Morgan fingerprint density at radius 2 is 1.61 bits per heavy atom. The van der Waals surface area contributed by atoms with Gasteiger partial charge in [0, 0.05) is 9.86 Å². The largest absolute Gasteiger partial charge is 0.350 e. The highest BCUT2D eigenvalue weighted by Crippen LogP contribution is 2.50. The fraction of sp³-hybridized carbons (Fsp3) is 0.273. The van der Waals surface area contributed by atoms with E-state index in [0.717, 1.165) is 20.6 Å². The molecule has 0 atom stereocenters. The van der Waals surface area contributed by atoms with Gasteiger partial charge in [0.05, 0.1) is 23.8 Å². The molecule has 0 amide bonds. The maximum atomic E-state index is 13.8. The molecule has 0 bridgehead atoms. The van der Waals surface area contributed by atoms with E-state index >= 15 is 0 Å². The Labute approximate surface area is 191 Å². The van der Waals surface area contributed by atoms with E-state index in [4.69, 9.17) is 9.05 Å². The molecule has 3 aromatic rings. The van der Waals surface area contributed by atoms with Gasteiger partial charge in [-0.3, -0.25) is 8.87 Å². The van der Waals surface area contributed by atoms with Gasteiger partial charge < -0.3 is 9.05 Å². The van der Waals surface area contributed by atoms with Crippen molar-refractivity contribution in [3.05, 3.63) is 70.7 Å². The second-order valence-corrected chi connectivity index (χ2v) is 11.7. The predicted octanol–water partition coefficient (Wildman–Crippen LogP) is 6.33. The molecular formula is C22H25BrNO5PS. The number of aryl methyl sites for hydroxylation is 1. The molecule has 3 rings (SSSR count). The standard InChI is InChI=1S/C22H25BrNO5PS/c1-4-28-30(25,29-5-2)16-24(22-12-8-10-18-9-6-7-11-21(18)22)31(26,27)20-14-17(3)13-19(23)15-20/h6-15H,4-5,16H2,1-3H3. The smallest absolute Gasteiger partial charge is 0.308 e. The topological polar surface area (TPSA) is 72.9 Å². The van der Waals surface area contributed by atoms with Gasteiger partial charge in [-0.15, -0.1) is 0 Å². The molecule has 31 heavy (non-hydrogen) atoms. The van der Waals surface area contributed by atoms with Crippen LogP contribution in [-0.2, 0) is 23.6 Å². The number of benzene rings is 3. The van der Waals surface area contributed by atoms with Crippen molar-refractivity contribution in [2.75, 3.05) is 23.8 Å². The number of sulfonamides is 1. The molecule has 0 aliphatic heterocycles. The minimum Gasteiger partial charge on any atom is -0.308 e. The normalized spacial score (nSPS) is 12.3. The molecule has 3 aromatic carbocycles. The summed E-state index contributed by atoms with van der Waals surface area (Å²) in [6.45, 7) is 5.48. The molecule has 0 saturated heterocycles. The number of anilines is 1. The predicted molar refractivity (Wildman–Crippen MR) is 128 cm³/mol. The number of hydrogen-bond acceptors (Lipinski definition) is 5. The number of fused-ring (bicyclic) bond motifs is 1. The maximum Gasteiger partial charge on any atom is 0.350 e. The summed E-state index contributed by atoms with van der Waals surface area (Å²) in [6, 6.07) is 17.8. The van der Waals surface area contributed by atoms with Gasteiger partial charge in [0.2, 0.25) is 0 Å². The van der Waals surface area contributed by atoms with Crippen molar-refractivity contribution in [1.82, 2.24) is 0 Å². The van der Waals surface area contributed by atoms with Crippen LogP contribution in [0.4, 0.5) is 5.69 Å². The van der Waals surface area contributed by atoms with Crippen LogP contribution in [0.15, 0.2) is 70.0 Å². The molecule has 0 spiro atoms. The molecule has 0 N–H and O–H groups in total. The summed E-state index contributed by atoms with van der Waals surface area (Å²) in [5.74, 6) is 0. The highest BCUT2D eigenvalue weighted by atomic mass is 79.9. The van der Waals surface area contributed by atoms with Gasteiger partial charge in [-0.05, 0) is 56.0 Å². The van der Waals surface area contributed by atoms with Crippen LogP contribution in [-0.4, -0.2) is 27.9 Å². The van der Waals surface area contributed by atoms with Gasteiger partial charge in [0.15, 0.2) is 0 Å². The van der Waals surface area contributed by atoms with Gasteiger partial charge >= 0.3 is 7.60 Å². The minimum atomic E-state index is -4.09. The lowest BCUT2D eigenvalue weighted by Gasteiger charge is -2.29. The van der Waals surface area contributed by atoms with Crippen molar-refractivity contribution in [2.45, 2.75) is 25.7 Å². The van der Waals surface area contributed by atoms with Crippen LogP contribution in [0.5, 0.6) is 0 Å². The summed E-state index contributed by atoms with van der Waals surface area (Å²) in [5, 5.41) is 1.59. The zero-order valence-corrected chi connectivity index (χ0v) is 20.9. The molecule has 6 nitrogen and oxygen atoms in total. The lowest BCUT2D eigenvalue weighted by molar-refractivity contribution is 0.221. The number of hydrogen-bond donors (Lipinski definition) is 0. The van der Waals surface area contributed by atoms with E-state index in [0.29, 0.717) is 10.2 Å². The SMILES string of the molecule is CCOP(=O)(CN(c1cccc2ccccc12)S(=O)(=O)c1cc(C)cc(Br)c1)OCC. The summed E-state index contributed by atoms with van der Waals surface area (Å²) < 4.78 is 53.7. The summed E-state index contributed by atoms with van der Waals surface area (Å²) >= 11 is 3.37. The molecule has 0 heterocycles. The second kappa shape index (κ2) is 9.84. The van der Waals surface area contributed by atoms with Crippen LogP contribution < -0.4 is 4.31 Å². The number of rotatable bonds is 9. The molecule has 166 valence electrons.